The molecule has 0 bridgehead atoms. The van der Waals surface area contributed by atoms with Crippen molar-refractivity contribution in [3.05, 3.63) is 50.9 Å². The molecular weight excluding hydrogens is 303 g/mol. The van der Waals surface area contributed by atoms with Gasteiger partial charge in [-0.25, -0.2) is 4.79 Å². The highest BCUT2D eigenvalue weighted by Crippen LogP contribution is 2.38. The van der Waals surface area contributed by atoms with E-state index in [-0.39, 0.29) is 0 Å². The van der Waals surface area contributed by atoms with Crippen molar-refractivity contribution < 1.29 is 9.15 Å². The molecule has 0 spiro atoms. The first kappa shape index (κ1) is 12.9. The molecule has 1 aromatic heterocycles. The number of nitrogens with two attached hydrogens (primary N) is 1. The minimum Gasteiger partial charge on any atom is -0.454 e. The van der Waals surface area contributed by atoms with Crippen LogP contribution >= 0.6 is 23.2 Å². The highest BCUT2D eigenvalue weighted by molar-refractivity contribution is 6.37. The zero-order valence-electron chi connectivity index (χ0n) is 9.94. The quantitative estimate of drug-likeness (QED) is 0.705. The van der Waals surface area contributed by atoms with Gasteiger partial charge in [0, 0.05) is 11.8 Å². The Morgan fingerprint density at radius 3 is 2.55 bits per heavy atom. The van der Waals surface area contributed by atoms with Crippen LogP contribution in [0.5, 0.6) is 11.5 Å². The number of nitrogen functional groups attached to an aromatic ring is 1. The molecule has 0 amide bonds. The van der Waals surface area contributed by atoms with Gasteiger partial charge in [0.25, 0.3) is 0 Å². The lowest BCUT2D eigenvalue weighted by Gasteiger charge is -2.10. The molecule has 0 saturated heterocycles. The van der Waals surface area contributed by atoms with Crippen molar-refractivity contribution in [2.45, 2.75) is 0 Å². The lowest BCUT2D eigenvalue weighted by atomic mass is 10.3. The van der Waals surface area contributed by atoms with Gasteiger partial charge in [0.15, 0.2) is 11.3 Å². The first-order valence-corrected chi connectivity index (χ1v) is 6.34. The summed E-state index contributed by atoms with van der Waals surface area (Å²) in [6, 6.07) is 7.97. The number of aromatic amines is 1. The van der Waals surface area contributed by atoms with Crippen molar-refractivity contribution in [1.82, 2.24) is 4.98 Å². The van der Waals surface area contributed by atoms with Gasteiger partial charge >= 0.3 is 5.76 Å². The van der Waals surface area contributed by atoms with Crippen molar-refractivity contribution in [3.63, 3.8) is 0 Å². The maximum atomic E-state index is 11.1. The molecule has 0 atom stereocenters. The van der Waals surface area contributed by atoms with E-state index in [0.29, 0.717) is 38.3 Å². The summed E-state index contributed by atoms with van der Waals surface area (Å²) in [4.78, 5) is 13.6. The van der Waals surface area contributed by atoms with Gasteiger partial charge < -0.3 is 14.9 Å². The van der Waals surface area contributed by atoms with E-state index < -0.39 is 5.76 Å². The Hall–Kier alpha value is -2.11. The Morgan fingerprint density at radius 2 is 1.85 bits per heavy atom. The topological polar surface area (TPSA) is 81.2 Å². The van der Waals surface area contributed by atoms with Crippen LogP contribution in [0.3, 0.4) is 0 Å². The number of oxazole rings is 1. The van der Waals surface area contributed by atoms with Crippen molar-refractivity contribution in [3.8, 4) is 11.5 Å². The summed E-state index contributed by atoms with van der Waals surface area (Å²) in [6.45, 7) is 0. The van der Waals surface area contributed by atoms with Crippen LogP contribution in [0.1, 0.15) is 0 Å². The fraction of sp³-hybridized carbons (Fsp3) is 0. The zero-order chi connectivity index (χ0) is 14.3. The number of hydrogen-bond acceptors (Lipinski definition) is 4. The number of nitrogens with one attached hydrogen (secondary N) is 1. The zero-order valence-corrected chi connectivity index (χ0v) is 11.5. The molecule has 20 heavy (non-hydrogen) atoms. The summed E-state index contributed by atoms with van der Waals surface area (Å²) in [5.74, 6) is 0.203. The molecule has 3 rings (SSSR count). The minimum absolute atomic E-state index is 0.291. The van der Waals surface area contributed by atoms with Crippen molar-refractivity contribution in [2.75, 3.05) is 5.73 Å². The normalized spacial score (nSPS) is 10.9. The van der Waals surface area contributed by atoms with Gasteiger partial charge in [0.1, 0.15) is 5.75 Å². The number of rotatable bonds is 2. The first-order valence-electron chi connectivity index (χ1n) is 5.58. The van der Waals surface area contributed by atoms with Crippen LogP contribution in [0.15, 0.2) is 39.5 Å². The largest absolute Gasteiger partial charge is 0.454 e. The Morgan fingerprint density at radius 1 is 1.15 bits per heavy atom. The number of fused-ring (bicyclic) bond motifs is 1. The Kier molecular flexibility index (Phi) is 3.08. The molecule has 0 aliphatic heterocycles. The number of ether oxygens (including phenoxy) is 1. The number of halogens is 2. The minimum atomic E-state index is -0.527. The SMILES string of the molecule is Nc1cc(Cl)c(Oc2ccc3[nH]c(=O)oc3c2)c(Cl)c1. The second kappa shape index (κ2) is 4.77. The highest BCUT2D eigenvalue weighted by atomic mass is 35.5. The molecule has 2 aromatic carbocycles. The predicted molar refractivity (Wildman–Crippen MR) is 77.8 cm³/mol. The van der Waals surface area contributed by atoms with Crippen molar-refractivity contribution >= 4 is 40.0 Å². The molecule has 102 valence electrons. The third-order valence-electron chi connectivity index (χ3n) is 2.63. The molecule has 0 unspecified atom stereocenters. The van der Waals surface area contributed by atoms with Crippen LogP contribution < -0.4 is 16.2 Å². The van der Waals surface area contributed by atoms with Crippen LogP contribution in [0, 0.1) is 0 Å². The molecule has 0 aliphatic carbocycles. The number of H-pyrrole nitrogens is 1. The number of anilines is 1. The van der Waals surface area contributed by atoms with Gasteiger partial charge in [-0.05, 0) is 24.3 Å². The second-order valence-electron chi connectivity index (χ2n) is 4.09. The highest BCUT2D eigenvalue weighted by Gasteiger charge is 2.11. The van der Waals surface area contributed by atoms with E-state index in [1.54, 1.807) is 18.2 Å². The van der Waals surface area contributed by atoms with Crippen LogP contribution in [0.25, 0.3) is 11.1 Å². The third kappa shape index (κ3) is 2.33. The molecule has 5 nitrogen and oxygen atoms in total. The van der Waals surface area contributed by atoms with Gasteiger partial charge in [-0.2, -0.15) is 0 Å². The molecule has 0 saturated carbocycles. The monoisotopic (exact) mass is 310 g/mol. The Bertz CT molecular complexity index is 831. The molecule has 0 aliphatic rings. The van der Waals surface area contributed by atoms with Gasteiger partial charge in [-0.1, -0.05) is 23.2 Å². The second-order valence-corrected chi connectivity index (χ2v) is 4.90. The van der Waals surface area contributed by atoms with Gasteiger partial charge in [-0.3, -0.25) is 4.98 Å². The smallest absolute Gasteiger partial charge is 0.417 e. The summed E-state index contributed by atoms with van der Waals surface area (Å²) in [6.07, 6.45) is 0. The van der Waals surface area contributed by atoms with E-state index in [2.05, 4.69) is 4.98 Å². The average molecular weight is 311 g/mol. The summed E-state index contributed by atoms with van der Waals surface area (Å²) in [5.41, 5.74) is 7.03. The van der Waals surface area contributed by atoms with E-state index in [0.717, 1.165) is 0 Å². The first-order chi connectivity index (χ1) is 9.52. The number of aromatic nitrogens is 1. The van der Waals surface area contributed by atoms with Gasteiger partial charge in [0.2, 0.25) is 0 Å². The van der Waals surface area contributed by atoms with E-state index >= 15 is 0 Å². The maximum Gasteiger partial charge on any atom is 0.417 e. The van der Waals surface area contributed by atoms with Gasteiger partial charge in [-0.15, -0.1) is 0 Å². The fourth-order valence-electron chi connectivity index (χ4n) is 1.78. The summed E-state index contributed by atoms with van der Waals surface area (Å²) in [5, 5.41) is 0.594. The maximum absolute atomic E-state index is 11.1. The lowest BCUT2D eigenvalue weighted by molar-refractivity contribution is 0.481. The Balaban J connectivity index is 2.02. The van der Waals surface area contributed by atoms with Gasteiger partial charge in [0.05, 0.1) is 15.6 Å². The third-order valence-corrected chi connectivity index (χ3v) is 3.19. The standard InChI is InChI=1S/C13H8Cl2N2O3/c14-8-3-6(16)4-9(15)12(8)19-7-1-2-10-11(5-7)20-13(18)17-10/h1-5H,16H2,(H,17,18). The van der Waals surface area contributed by atoms with Crippen LogP contribution in [0.4, 0.5) is 5.69 Å². The molecule has 0 radical (unpaired) electrons. The number of benzene rings is 2. The van der Waals surface area contributed by atoms with Crippen LogP contribution in [-0.4, -0.2) is 4.98 Å². The molecule has 1 heterocycles. The molecule has 3 N–H and O–H groups in total. The van der Waals surface area contributed by atoms with E-state index in [4.69, 9.17) is 38.1 Å². The summed E-state index contributed by atoms with van der Waals surface area (Å²) < 4.78 is 10.6. The number of hydrogen-bond donors (Lipinski definition) is 2. The Labute approximate surface area is 122 Å². The van der Waals surface area contributed by atoms with E-state index in [9.17, 15) is 4.79 Å². The fourth-order valence-corrected chi connectivity index (χ4v) is 2.37. The van der Waals surface area contributed by atoms with E-state index in [1.165, 1.54) is 12.1 Å². The lowest BCUT2D eigenvalue weighted by Crippen LogP contribution is -1.92. The molecular formula is C13H8Cl2N2O3. The predicted octanol–water partition coefficient (Wildman–Crippen LogP) is 3.80. The van der Waals surface area contributed by atoms with Crippen LogP contribution in [-0.2, 0) is 0 Å². The molecule has 7 heteroatoms. The molecule has 3 aromatic rings. The van der Waals surface area contributed by atoms with Crippen molar-refractivity contribution in [1.29, 1.82) is 0 Å². The van der Waals surface area contributed by atoms with Crippen LogP contribution in [0.2, 0.25) is 10.0 Å². The summed E-state index contributed by atoms with van der Waals surface area (Å²) in [7, 11) is 0. The average Bonchev–Trinajstić information content (AvgIpc) is 2.73. The van der Waals surface area contributed by atoms with E-state index in [1.807, 2.05) is 0 Å². The summed E-state index contributed by atoms with van der Waals surface area (Å²) >= 11 is 12.1. The van der Waals surface area contributed by atoms with Crippen molar-refractivity contribution in [2.24, 2.45) is 0 Å². The molecule has 0 fully saturated rings.